The van der Waals surface area contributed by atoms with Gasteiger partial charge in [-0.2, -0.15) is 0 Å². The number of benzene rings is 1. The van der Waals surface area contributed by atoms with Gasteiger partial charge in [-0.25, -0.2) is 4.79 Å². The number of carbonyl (C=O) groups excluding carboxylic acids is 1. The molecule has 25 heavy (non-hydrogen) atoms. The highest BCUT2D eigenvalue weighted by Gasteiger charge is 2.34. The molecule has 2 aliphatic rings. The predicted molar refractivity (Wildman–Crippen MR) is 99.2 cm³/mol. The molecule has 1 aliphatic heterocycles. The maximum Gasteiger partial charge on any atom is 0.411 e. The number of anilines is 1. The van der Waals surface area contributed by atoms with E-state index in [0.29, 0.717) is 12.6 Å². The van der Waals surface area contributed by atoms with E-state index >= 15 is 0 Å². The number of rotatable bonds is 6. The molecule has 0 aromatic heterocycles. The third kappa shape index (κ3) is 5.11. The molecule has 1 N–H and O–H groups in total. The van der Waals surface area contributed by atoms with Crippen molar-refractivity contribution in [2.24, 2.45) is 0 Å². The first-order chi connectivity index (χ1) is 12.3. The van der Waals surface area contributed by atoms with Crippen LogP contribution in [-0.2, 0) is 4.74 Å². The smallest absolute Gasteiger partial charge is 0.411 e. The number of nitrogens with zero attached hydrogens (tertiary/aromatic N) is 1. The van der Waals surface area contributed by atoms with Crippen LogP contribution in [0.4, 0.5) is 10.5 Å². The highest BCUT2D eigenvalue weighted by Crippen LogP contribution is 2.28. The normalized spacial score (nSPS) is 24.0. The summed E-state index contributed by atoms with van der Waals surface area (Å²) in [6, 6.07) is 7.85. The number of hydrogen-bond acceptors (Lipinski definition) is 4. The molecule has 1 heterocycles. The Labute approximate surface area is 150 Å². The Morgan fingerprint density at radius 2 is 1.84 bits per heavy atom. The van der Waals surface area contributed by atoms with Gasteiger partial charge in [-0.3, -0.25) is 10.2 Å². The van der Waals surface area contributed by atoms with Crippen LogP contribution in [0.1, 0.15) is 51.9 Å². The van der Waals surface area contributed by atoms with Crippen LogP contribution in [0, 0.1) is 0 Å². The van der Waals surface area contributed by atoms with Crippen molar-refractivity contribution in [3.63, 3.8) is 0 Å². The largest absolute Gasteiger partial charge is 0.494 e. The lowest BCUT2D eigenvalue weighted by molar-refractivity contribution is 0.0176. The third-order valence-electron chi connectivity index (χ3n) is 5.11. The number of ether oxygens (including phenoxy) is 2. The van der Waals surface area contributed by atoms with Crippen molar-refractivity contribution in [1.29, 1.82) is 0 Å². The van der Waals surface area contributed by atoms with E-state index in [0.717, 1.165) is 50.2 Å². The molecule has 0 bridgehead atoms. The van der Waals surface area contributed by atoms with Crippen molar-refractivity contribution in [3.8, 4) is 5.75 Å². The molecule has 1 saturated carbocycles. The molecule has 1 amide bonds. The highest BCUT2D eigenvalue weighted by molar-refractivity contribution is 5.84. The third-order valence-corrected chi connectivity index (χ3v) is 5.11. The van der Waals surface area contributed by atoms with Gasteiger partial charge in [-0.1, -0.05) is 13.3 Å². The summed E-state index contributed by atoms with van der Waals surface area (Å²) in [6.07, 6.45) is 7.67. The predicted octanol–water partition coefficient (Wildman–Crippen LogP) is 4.43. The number of nitrogens with one attached hydrogen (secondary N) is 1. The minimum Gasteiger partial charge on any atom is -0.494 e. The molecule has 1 aromatic rings. The van der Waals surface area contributed by atoms with Gasteiger partial charge < -0.3 is 9.47 Å². The molecule has 138 valence electrons. The van der Waals surface area contributed by atoms with Crippen LogP contribution in [0.3, 0.4) is 0 Å². The highest BCUT2D eigenvalue weighted by atomic mass is 16.6. The first kappa shape index (κ1) is 18.1. The lowest BCUT2D eigenvalue weighted by Crippen LogP contribution is -2.46. The van der Waals surface area contributed by atoms with Crippen molar-refractivity contribution < 1.29 is 14.3 Å². The van der Waals surface area contributed by atoms with E-state index in [2.05, 4.69) is 17.1 Å². The second-order valence-corrected chi connectivity index (χ2v) is 7.04. The fraction of sp³-hybridized carbons (Fsp3) is 0.650. The molecule has 1 aliphatic carbocycles. The summed E-state index contributed by atoms with van der Waals surface area (Å²) < 4.78 is 11.4. The molecule has 0 radical (unpaired) electrons. The molecule has 2 unspecified atom stereocenters. The van der Waals surface area contributed by atoms with Crippen LogP contribution in [0.5, 0.6) is 5.75 Å². The number of carbonyl (C=O) groups is 1. The Bertz CT molecular complexity index is 540. The zero-order chi connectivity index (χ0) is 17.5. The van der Waals surface area contributed by atoms with E-state index in [4.69, 9.17) is 9.47 Å². The van der Waals surface area contributed by atoms with Gasteiger partial charge in [0.2, 0.25) is 0 Å². The molecule has 3 rings (SSSR count). The Hall–Kier alpha value is -1.75. The van der Waals surface area contributed by atoms with Gasteiger partial charge >= 0.3 is 6.09 Å². The molecule has 2 atom stereocenters. The quantitative estimate of drug-likeness (QED) is 0.828. The van der Waals surface area contributed by atoms with Gasteiger partial charge in [0.25, 0.3) is 0 Å². The van der Waals surface area contributed by atoms with Crippen molar-refractivity contribution >= 4 is 11.8 Å². The SMILES string of the molecule is CCCOc1ccc(NC(=O)OC2CCCCC2N2CCCC2)cc1. The van der Waals surface area contributed by atoms with E-state index in [1.54, 1.807) is 0 Å². The first-order valence-corrected chi connectivity index (χ1v) is 9.71. The minimum absolute atomic E-state index is 0.0130. The van der Waals surface area contributed by atoms with Crippen molar-refractivity contribution in [1.82, 2.24) is 4.90 Å². The van der Waals surface area contributed by atoms with Crippen molar-refractivity contribution in [2.75, 3.05) is 25.0 Å². The Kier molecular flexibility index (Phi) is 6.56. The number of likely N-dealkylation sites (tertiary alicyclic amines) is 1. The summed E-state index contributed by atoms with van der Waals surface area (Å²) in [4.78, 5) is 14.8. The summed E-state index contributed by atoms with van der Waals surface area (Å²) >= 11 is 0. The molecule has 5 nitrogen and oxygen atoms in total. The van der Waals surface area contributed by atoms with Crippen LogP contribution < -0.4 is 10.1 Å². The molecule has 1 aromatic carbocycles. The van der Waals surface area contributed by atoms with E-state index in [1.807, 2.05) is 24.3 Å². The van der Waals surface area contributed by atoms with Crippen LogP contribution in [0.25, 0.3) is 0 Å². The number of hydrogen-bond donors (Lipinski definition) is 1. The Morgan fingerprint density at radius 1 is 1.12 bits per heavy atom. The monoisotopic (exact) mass is 346 g/mol. The average Bonchev–Trinajstić information content (AvgIpc) is 3.16. The number of amides is 1. The van der Waals surface area contributed by atoms with Gasteiger partial charge in [0, 0.05) is 11.7 Å². The lowest BCUT2D eigenvalue weighted by atomic mass is 9.91. The zero-order valence-corrected chi connectivity index (χ0v) is 15.2. The molecule has 0 spiro atoms. The maximum absolute atomic E-state index is 12.3. The van der Waals surface area contributed by atoms with Gasteiger partial charge in [0.05, 0.1) is 6.61 Å². The molecule has 5 heteroatoms. The van der Waals surface area contributed by atoms with Crippen LogP contribution >= 0.6 is 0 Å². The summed E-state index contributed by atoms with van der Waals surface area (Å²) in [5.74, 6) is 0.821. The minimum atomic E-state index is -0.349. The summed E-state index contributed by atoms with van der Waals surface area (Å²) in [6.45, 7) is 5.07. The zero-order valence-electron chi connectivity index (χ0n) is 15.2. The first-order valence-electron chi connectivity index (χ1n) is 9.71. The fourth-order valence-electron chi connectivity index (χ4n) is 3.84. The van der Waals surface area contributed by atoms with Gasteiger partial charge in [0.15, 0.2) is 0 Å². The summed E-state index contributed by atoms with van der Waals surface area (Å²) in [5.41, 5.74) is 0.738. The molecule has 1 saturated heterocycles. The van der Waals surface area contributed by atoms with Crippen LogP contribution in [-0.4, -0.2) is 42.8 Å². The second-order valence-electron chi connectivity index (χ2n) is 7.04. The standard InChI is InChI=1S/C20H30N2O3/c1-2-15-24-17-11-9-16(10-12-17)21-20(23)25-19-8-4-3-7-18(19)22-13-5-6-14-22/h9-12,18-19H,2-8,13-15H2,1H3,(H,21,23). The molecule has 2 fully saturated rings. The molecular formula is C20H30N2O3. The van der Waals surface area contributed by atoms with Gasteiger partial charge in [0.1, 0.15) is 11.9 Å². The van der Waals surface area contributed by atoms with Crippen LogP contribution in [0.2, 0.25) is 0 Å². The Morgan fingerprint density at radius 3 is 2.56 bits per heavy atom. The van der Waals surface area contributed by atoms with Crippen molar-refractivity contribution in [2.45, 2.75) is 64.0 Å². The van der Waals surface area contributed by atoms with Gasteiger partial charge in [-0.15, -0.1) is 0 Å². The van der Waals surface area contributed by atoms with Crippen molar-refractivity contribution in [3.05, 3.63) is 24.3 Å². The average molecular weight is 346 g/mol. The van der Waals surface area contributed by atoms with E-state index in [-0.39, 0.29) is 12.2 Å². The topological polar surface area (TPSA) is 50.8 Å². The summed E-state index contributed by atoms with van der Waals surface area (Å²) in [7, 11) is 0. The maximum atomic E-state index is 12.3. The van der Waals surface area contributed by atoms with Crippen LogP contribution in [0.15, 0.2) is 24.3 Å². The Balaban J connectivity index is 1.52. The molecular weight excluding hydrogens is 316 g/mol. The van der Waals surface area contributed by atoms with E-state index in [9.17, 15) is 4.79 Å². The fourth-order valence-corrected chi connectivity index (χ4v) is 3.84. The van der Waals surface area contributed by atoms with Gasteiger partial charge in [-0.05, 0) is 75.9 Å². The van der Waals surface area contributed by atoms with E-state index < -0.39 is 0 Å². The van der Waals surface area contributed by atoms with E-state index in [1.165, 1.54) is 19.3 Å². The summed E-state index contributed by atoms with van der Waals surface area (Å²) in [5, 5.41) is 2.85. The lowest BCUT2D eigenvalue weighted by Gasteiger charge is -2.37. The second kappa shape index (κ2) is 9.09.